The fourth-order valence-electron chi connectivity index (χ4n) is 2.05. The Labute approximate surface area is 119 Å². The Hall–Kier alpha value is -1.26. The van der Waals surface area contributed by atoms with E-state index in [0.717, 1.165) is 13.0 Å². The van der Waals surface area contributed by atoms with E-state index < -0.39 is 0 Å². The molecule has 2 aromatic rings. The number of nitrogens with zero attached hydrogens (tertiary/aromatic N) is 2. The van der Waals surface area contributed by atoms with Gasteiger partial charge in [-0.25, -0.2) is 0 Å². The summed E-state index contributed by atoms with van der Waals surface area (Å²) < 4.78 is 3.97. The molecule has 0 radical (unpaired) electrons. The highest BCUT2D eigenvalue weighted by atomic mass is 32.1. The fraction of sp³-hybridized carbons (Fsp3) is 0.467. The molecule has 1 aromatic heterocycles. The van der Waals surface area contributed by atoms with Gasteiger partial charge in [-0.3, -0.25) is 0 Å². The van der Waals surface area contributed by atoms with Crippen LogP contribution in [-0.4, -0.2) is 16.1 Å². The van der Waals surface area contributed by atoms with Crippen molar-refractivity contribution in [2.45, 2.75) is 39.2 Å². The van der Waals surface area contributed by atoms with Crippen molar-refractivity contribution >= 4 is 11.5 Å². The van der Waals surface area contributed by atoms with Crippen molar-refractivity contribution in [1.29, 1.82) is 0 Å². The first-order valence-corrected chi connectivity index (χ1v) is 7.60. The van der Waals surface area contributed by atoms with E-state index in [1.807, 2.05) is 6.20 Å². The first-order chi connectivity index (χ1) is 9.22. The van der Waals surface area contributed by atoms with Crippen LogP contribution in [0.5, 0.6) is 0 Å². The molecule has 0 fully saturated rings. The Kier molecular flexibility index (Phi) is 5.05. The largest absolute Gasteiger partial charge is 0.305 e. The summed E-state index contributed by atoms with van der Waals surface area (Å²) in [5.41, 5.74) is 2.66. The Morgan fingerprint density at radius 3 is 2.37 bits per heavy atom. The van der Waals surface area contributed by atoms with Crippen molar-refractivity contribution in [1.82, 2.24) is 14.9 Å². The highest BCUT2D eigenvalue weighted by Crippen LogP contribution is 2.25. The lowest BCUT2D eigenvalue weighted by Gasteiger charge is -2.17. The highest BCUT2D eigenvalue weighted by molar-refractivity contribution is 7.05. The molecule has 0 saturated carbocycles. The van der Waals surface area contributed by atoms with Crippen molar-refractivity contribution in [3.63, 3.8) is 0 Å². The van der Waals surface area contributed by atoms with Crippen LogP contribution in [-0.2, 0) is 0 Å². The maximum absolute atomic E-state index is 3.97. The Morgan fingerprint density at radius 2 is 1.84 bits per heavy atom. The topological polar surface area (TPSA) is 37.8 Å². The Bertz CT molecular complexity index is 477. The maximum Gasteiger partial charge on any atom is 0.0703 e. The molecular formula is C15H21N3S. The van der Waals surface area contributed by atoms with Gasteiger partial charge in [-0.05, 0) is 41.5 Å². The zero-order valence-electron chi connectivity index (χ0n) is 11.8. The Balaban J connectivity index is 2.22. The average Bonchev–Trinajstić information content (AvgIpc) is 2.94. The average molecular weight is 275 g/mol. The molecule has 1 unspecified atom stereocenters. The van der Waals surface area contributed by atoms with Crippen LogP contribution < -0.4 is 5.32 Å². The molecule has 0 aliphatic carbocycles. The number of hydrogen-bond donors (Lipinski definition) is 1. The van der Waals surface area contributed by atoms with E-state index in [0.29, 0.717) is 5.92 Å². The van der Waals surface area contributed by atoms with Crippen molar-refractivity contribution < 1.29 is 0 Å². The van der Waals surface area contributed by atoms with E-state index >= 15 is 0 Å². The van der Waals surface area contributed by atoms with E-state index in [1.165, 1.54) is 27.5 Å². The van der Waals surface area contributed by atoms with E-state index in [-0.39, 0.29) is 6.04 Å². The van der Waals surface area contributed by atoms with Crippen LogP contribution in [0.4, 0.5) is 0 Å². The standard InChI is InChI=1S/C15H21N3S/c1-4-9-16-15(14-10-17-18-19-14)13-7-5-12(6-8-13)11(2)3/h5-8,10-11,15-16H,4,9H2,1-3H3. The van der Waals surface area contributed by atoms with Crippen LogP contribution in [0.15, 0.2) is 30.5 Å². The zero-order chi connectivity index (χ0) is 13.7. The lowest BCUT2D eigenvalue weighted by atomic mass is 9.98. The smallest absolute Gasteiger partial charge is 0.0703 e. The molecule has 19 heavy (non-hydrogen) atoms. The molecule has 0 spiro atoms. The minimum Gasteiger partial charge on any atom is -0.305 e. The van der Waals surface area contributed by atoms with Crippen LogP contribution in [0.3, 0.4) is 0 Å². The lowest BCUT2D eigenvalue weighted by Crippen LogP contribution is -2.22. The molecule has 0 saturated heterocycles. The first kappa shape index (κ1) is 14.2. The van der Waals surface area contributed by atoms with Gasteiger partial charge in [0, 0.05) is 0 Å². The summed E-state index contributed by atoms with van der Waals surface area (Å²) in [5.74, 6) is 0.571. The van der Waals surface area contributed by atoms with Crippen LogP contribution >= 0.6 is 11.5 Å². The first-order valence-electron chi connectivity index (χ1n) is 6.83. The molecule has 3 nitrogen and oxygen atoms in total. The third kappa shape index (κ3) is 3.61. The minimum absolute atomic E-state index is 0.209. The summed E-state index contributed by atoms with van der Waals surface area (Å²) in [6.07, 6.45) is 2.97. The Morgan fingerprint density at radius 1 is 1.16 bits per heavy atom. The molecule has 1 heterocycles. The van der Waals surface area contributed by atoms with Crippen LogP contribution in [0, 0.1) is 0 Å². The van der Waals surface area contributed by atoms with E-state index in [2.05, 4.69) is 59.9 Å². The summed E-state index contributed by atoms with van der Waals surface area (Å²) in [4.78, 5) is 1.17. The maximum atomic E-state index is 3.97. The molecule has 4 heteroatoms. The third-order valence-corrected chi connectivity index (χ3v) is 3.93. The predicted octanol–water partition coefficient (Wildman–Crippen LogP) is 3.75. The fourth-order valence-corrected chi connectivity index (χ4v) is 2.65. The second kappa shape index (κ2) is 6.78. The number of nitrogens with one attached hydrogen (secondary N) is 1. The summed E-state index contributed by atoms with van der Waals surface area (Å²) in [5, 5.41) is 7.52. The molecule has 0 amide bonds. The number of aromatic nitrogens is 2. The molecule has 1 atom stereocenters. The third-order valence-electron chi connectivity index (χ3n) is 3.20. The molecule has 1 aromatic carbocycles. The van der Waals surface area contributed by atoms with Crippen molar-refractivity contribution in [2.75, 3.05) is 6.54 Å². The van der Waals surface area contributed by atoms with Gasteiger partial charge >= 0.3 is 0 Å². The SMILES string of the molecule is CCCNC(c1ccc(C(C)C)cc1)c1cnns1. The molecule has 2 rings (SSSR count). The lowest BCUT2D eigenvalue weighted by molar-refractivity contribution is 0.604. The number of benzene rings is 1. The normalized spacial score (nSPS) is 12.8. The quantitative estimate of drug-likeness (QED) is 0.872. The summed E-state index contributed by atoms with van der Waals surface area (Å²) in [7, 11) is 0. The van der Waals surface area contributed by atoms with Crippen molar-refractivity contribution in [3.8, 4) is 0 Å². The molecular weight excluding hydrogens is 254 g/mol. The monoisotopic (exact) mass is 275 g/mol. The van der Waals surface area contributed by atoms with Gasteiger partial charge in [-0.15, -0.1) is 5.10 Å². The van der Waals surface area contributed by atoms with E-state index in [4.69, 9.17) is 0 Å². The predicted molar refractivity (Wildman–Crippen MR) is 80.6 cm³/mol. The van der Waals surface area contributed by atoms with Crippen LogP contribution in [0.25, 0.3) is 0 Å². The van der Waals surface area contributed by atoms with Gasteiger partial charge in [0.1, 0.15) is 0 Å². The molecule has 1 N–H and O–H groups in total. The van der Waals surface area contributed by atoms with Crippen LogP contribution in [0.2, 0.25) is 0 Å². The molecule has 0 aliphatic rings. The molecule has 0 bridgehead atoms. The van der Waals surface area contributed by atoms with Crippen molar-refractivity contribution in [3.05, 3.63) is 46.5 Å². The van der Waals surface area contributed by atoms with Crippen LogP contribution in [0.1, 0.15) is 55.2 Å². The van der Waals surface area contributed by atoms with E-state index in [9.17, 15) is 0 Å². The van der Waals surface area contributed by atoms with Gasteiger partial charge in [-0.2, -0.15) is 0 Å². The van der Waals surface area contributed by atoms with Gasteiger partial charge in [0.15, 0.2) is 0 Å². The number of rotatable bonds is 6. The summed E-state index contributed by atoms with van der Waals surface area (Å²) >= 11 is 1.46. The minimum atomic E-state index is 0.209. The van der Waals surface area contributed by atoms with Gasteiger partial charge < -0.3 is 5.32 Å². The zero-order valence-corrected chi connectivity index (χ0v) is 12.6. The second-order valence-electron chi connectivity index (χ2n) is 5.03. The van der Waals surface area contributed by atoms with Crippen molar-refractivity contribution in [2.24, 2.45) is 0 Å². The highest BCUT2D eigenvalue weighted by Gasteiger charge is 2.15. The van der Waals surface area contributed by atoms with Gasteiger partial charge in [0.2, 0.25) is 0 Å². The van der Waals surface area contributed by atoms with Gasteiger partial charge in [0.05, 0.1) is 17.1 Å². The molecule has 0 aliphatic heterocycles. The summed E-state index contributed by atoms with van der Waals surface area (Å²) in [6.45, 7) is 7.61. The van der Waals surface area contributed by atoms with Gasteiger partial charge in [0.25, 0.3) is 0 Å². The van der Waals surface area contributed by atoms with E-state index in [1.54, 1.807) is 0 Å². The second-order valence-corrected chi connectivity index (χ2v) is 5.85. The molecule has 102 valence electrons. The van der Waals surface area contributed by atoms with Gasteiger partial charge in [-0.1, -0.05) is 49.5 Å². The summed E-state index contributed by atoms with van der Waals surface area (Å²) in [6, 6.07) is 9.07. The number of hydrogen-bond acceptors (Lipinski definition) is 4.